The topological polar surface area (TPSA) is 114 Å². The summed E-state index contributed by atoms with van der Waals surface area (Å²) >= 11 is 2.83. The maximum absolute atomic E-state index is 10.5. The molecular weight excluding hydrogens is 272 g/mol. The lowest BCUT2D eigenvalue weighted by molar-refractivity contribution is -0.393. The predicted molar refractivity (Wildman–Crippen MR) is 52.2 cm³/mol. The van der Waals surface area contributed by atoms with Gasteiger partial charge in [-0.3, -0.25) is 20.2 Å². The smallest absolute Gasteiger partial charge is 0.258 e. The van der Waals surface area contributed by atoms with Gasteiger partial charge in [-0.15, -0.1) is 0 Å². The maximum atomic E-state index is 10.5. The van der Waals surface area contributed by atoms with Crippen molar-refractivity contribution in [1.29, 1.82) is 5.39 Å². The fraction of sp³-hybridized carbons (Fsp3) is 0. The first-order chi connectivity index (χ1) is 6.97. The molecule has 8 nitrogen and oxygen atoms in total. The molecule has 15 heavy (non-hydrogen) atoms. The van der Waals surface area contributed by atoms with Crippen LogP contribution in [0, 0.1) is 25.6 Å². The average Bonchev–Trinajstić information content (AvgIpc) is 2.16. The van der Waals surface area contributed by atoms with Crippen LogP contribution in [0.4, 0.5) is 17.1 Å². The lowest BCUT2D eigenvalue weighted by Crippen LogP contribution is -1.93. The number of nitro groups is 2. The summed E-state index contributed by atoms with van der Waals surface area (Å²) in [5.74, 6) is 0. The molecule has 0 aliphatic carbocycles. The van der Waals surface area contributed by atoms with Gasteiger partial charge < -0.3 is 0 Å². The van der Waals surface area contributed by atoms with Crippen LogP contribution < -0.4 is 0 Å². The van der Waals surface area contributed by atoms with Gasteiger partial charge in [0.15, 0.2) is 4.98 Å². The standard InChI is InChI=1S/C6H2BrN4O4/c7-4-1-3(10(12)13)2-5(11(14)15)6(4)9-8/h1-2H/q+1. The summed E-state index contributed by atoms with van der Waals surface area (Å²) in [5.41, 5.74) is -1.45. The van der Waals surface area contributed by atoms with E-state index in [1.165, 1.54) is 0 Å². The zero-order chi connectivity index (χ0) is 11.6. The van der Waals surface area contributed by atoms with Crippen molar-refractivity contribution < 1.29 is 9.85 Å². The van der Waals surface area contributed by atoms with Crippen molar-refractivity contribution in [1.82, 2.24) is 0 Å². The first-order valence-electron chi connectivity index (χ1n) is 3.44. The second kappa shape index (κ2) is 3.97. The molecular formula is C6H2BrN4O4+. The highest BCUT2D eigenvalue weighted by molar-refractivity contribution is 9.10. The number of diazo groups is 1. The van der Waals surface area contributed by atoms with Crippen molar-refractivity contribution in [2.75, 3.05) is 0 Å². The van der Waals surface area contributed by atoms with Crippen LogP contribution in [0.15, 0.2) is 16.6 Å². The Morgan fingerprint density at radius 2 is 1.87 bits per heavy atom. The van der Waals surface area contributed by atoms with Gasteiger partial charge in [0.25, 0.3) is 5.69 Å². The number of hydrogen-bond acceptors (Lipinski definition) is 5. The molecule has 1 aromatic carbocycles. The summed E-state index contributed by atoms with van der Waals surface area (Å²) in [5, 5.41) is 29.4. The van der Waals surface area contributed by atoms with Crippen molar-refractivity contribution in [3.63, 3.8) is 0 Å². The number of non-ortho nitro benzene ring substituents is 1. The van der Waals surface area contributed by atoms with E-state index in [4.69, 9.17) is 5.39 Å². The summed E-state index contributed by atoms with van der Waals surface area (Å²) in [6, 6.07) is 1.74. The molecule has 0 bridgehead atoms. The van der Waals surface area contributed by atoms with E-state index in [0.29, 0.717) is 0 Å². The highest BCUT2D eigenvalue weighted by Crippen LogP contribution is 2.38. The molecule has 0 N–H and O–H groups in total. The second-order valence-electron chi connectivity index (χ2n) is 2.41. The molecule has 0 aliphatic rings. The van der Waals surface area contributed by atoms with Gasteiger partial charge in [0.1, 0.15) is 10.5 Å². The van der Waals surface area contributed by atoms with Gasteiger partial charge in [-0.05, 0) is 15.9 Å². The Morgan fingerprint density at radius 3 is 2.27 bits per heavy atom. The van der Waals surface area contributed by atoms with Gasteiger partial charge >= 0.3 is 11.4 Å². The van der Waals surface area contributed by atoms with Gasteiger partial charge in [-0.1, -0.05) is 0 Å². The molecule has 0 saturated carbocycles. The number of benzene rings is 1. The summed E-state index contributed by atoms with van der Waals surface area (Å²) < 4.78 is -0.0223. The first kappa shape index (κ1) is 11.0. The minimum Gasteiger partial charge on any atom is -0.258 e. The number of nitro benzene ring substituents is 2. The molecule has 0 unspecified atom stereocenters. The highest BCUT2D eigenvalue weighted by Gasteiger charge is 2.32. The first-order valence-corrected chi connectivity index (χ1v) is 4.24. The Hall–Kier alpha value is -2.08. The fourth-order valence-electron chi connectivity index (χ4n) is 0.914. The third-order valence-corrected chi connectivity index (χ3v) is 2.14. The number of rotatable bonds is 2. The average molecular weight is 274 g/mol. The number of halogens is 1. The number of nitrogens with zero attached hydrogens (tertiary/aromatic N) is 4. The number of hydrogen-bond donors (Lipinski definition) is 0. The molecule has 0 heterocycles. The van der Waals surface area contributed by atoms with E-state index in [1.54, 1.807) is 0 Å². The van der Waals surface area contributed by atoms with Crippen LogP contribution in [0.2, 0.25) is 0 Å². The summed E-state index contributed by atoms with van der Waals surface area (Å²) in [4.78, 5) is 21.9. The molecule has 0 radical (unpaired) electrons. The lowest BCUT2D eigenvalue weighted by Gasteiger charge is -1.91. The fourth-order valence-corrected chi connectivity index (χ4v) is 1.43. The van der Waals surface area contributed by atoms with Crippen molar-refractivity contribution >= 4 is 33.0 Å². The Bertz CT molecular complexity index is 495. The van der Waals surface area contributed by atoms with E-state index in [9.17, 15) is 20.2 Å². The monoisotopic (exact) mass is 273 g/mol. The normalized spacial score (nSPS) is 9.33. The minimum atomic E-state index is -0.868. The van der Waals surface area contributed by atoms with Gasteiger partial charge in [-0.25, -0.2) is 0 Å². The molecule has 0 amide bonds. The van der Waals surface area contributed by atoms with Gasteiger partial charge in [-0.2, -0.15) is 0 Å². The van der Waals surface area contributed by atoms with Crippen LogP contribution in [-0.2, 0) is 0 Å². The highest BCUT2D eigenvalue weighted by atomic mass is 79.9. The van der Waals surface area contributed by atoms with Crippen LogP contribution in [0.1, 0.15) is 0 Å². The molecule has 9 heteroatoms. The van der Waals surface area contributed by atoms with Crippen LogP contribution >= 0.6 is 15.9 Å². The Morgan fingerprint density at radius 1 is 1.27 bits per heavy atom. The summed E-state index contributed by atoms with van der Waals surface area (Å²) in [7, 11) is 0. The van der Waals surface area contributed by atoms with E-state index in [1.807, 2.05) is 0 Å². The molecule has 0 saturated heterocycles. The molecule has 0 spiro atoms. The second-order valence-corrected chi connectivity index (χ2v) is 3.26. The third kappa shape index (κ3) is 2.05. The molecule has 0 aliphatic heterocycles. The molecule has 0 fully saturated rings. The van der Waals surface area contributed by atoms with E-state index in [-0.39, 0.29) is 10.2 Å². The van der Waals surface area contributed by atoms with Crippen molar-refractivity contribution in [2.24, 2.45) is 0 Å². The Balaban J connectivity index is 3.54. The lowest BCUT2D eigenvalue weighted by atomic mass is 10.2. The van der Waals surface area contributed by atoms with Crippen molar-refractivity contribution in [3.8, 4) is 0 Å². The van der Waals surface area contributed by atoms with Crippen LogP contribution in [0.25, 0.3) is 4.98 Å². The predicted octanol–water partition coefficient (Wildman–Crippen LogP) is 2.75. The quantitative estimate of drug-likeness (QED) is 0.467. The van der Waals surface area contributed by atoms with Gasteiger partial charge in [0.05, 0.1) is 9.85 Å². The van der Waals surface area contributed by atoms with E-state index in [2.05, 4.69) is 20.9 Å². The van der Waals surface area contributed by atoms with Gasteiger partial charge in [0, 0.05) is 6.07 Å². The molecule has 0 aromatic heterocycles. The van der Waals surface area contributed by atoms with E-state index in [0.717, 1.165) is 12.1 Å². The van der Waals surface area contributed by atoms with Gasteiger partial charge in [0.2, 0.25) is 5.39 Å². The van der Waals surface area contributed by atoms with Crippen molar-refractivity contribution in [3.05, 3.63) is 41.8 Å². The zero-order valence-electron chi connectivity index (χ0n) is 6.95. The maximum Gasteiger partial charge on any atom is 0.475 e. The van der Waals surface area contributed by atoms with E-state index < -0.39 is 21.2 Å². The summed E-state index contributed by atoms with van der Waals surface area (Å²) in [6.45, 7) is 0. The molecule has 76 valence electrons. The molecule has 1 rings (SSSR count). The largest absolute Gasteiger partial charge is 0.475 e. The third-order valence-electron chi connectivity index (χ3n) is 1.54. The van der Waals surface area contributed by atoms with Crippen LogP contribution in [-0.4, -0.2) is 9.85 Å². The Kier molecular flexibility index (Phi) is 2.91. The molecule has 0 atom stereocenters. The SMILES string of the molecule is N#[N+]c1c(Br)cc([N+](=O)[O-])cc1[N+](=O)[O-]. The summed E-state index contributed by atoms with van der Waals surface area (Å²) in [6.07, 6.45) is 0. The van der Waals surface area contributed by atoms with Crippen LogP contribution in [0.5, 0.6) is 0 Å². The zero-order valence-corrected chi connectivity index (χ0v) is 8.54. The molecule has 1 aromatic rings. The Labute approximate surface area is 90.6 Å². The van der Waals surface area contributed by atoms with Crippen molar-refractivity contribution in [2.45, 2.75) is 0 Å². The van der Waals surface area contributed by atoms with Crippen LogP contribution in [0.3, 0.4) is 0 Å². The minimum absolute atomic E-state index is 0.0223. The van der Waals surface area contributed by atoms with E-state index >= 15 is 0 Å².